The lowest BCUT2D eigenvalue weighted by atomic mass is 10.2. The van der Waals surface area contributed by atoms with Crippen molar-refractivity contribution >= 4 is 33.4 Å². The van der Waals surface area contributed by atoms with Gasteiger partial charge in [-0.25, -0.2) is 4.79 Å². The van der Waals surface area contributed by atoms with Gasteiger partial charge in [0.25, 0.3) is 5.91 Å². The molecule has 0 aliphatic carbocycles. The van der Waals surface area contributed by atoms with E-state index in [0.717, 1.165) is 4.47 Å². The molecule has 0 radical (unpaired) electrons. The fraction of sp³-hybridized carbons (Fsp3) is 0.182. The van der Waals surface area contributed by atoms with Crippen molar-refractivity contribution in [3.05, 3.63) is 49.6 Å². The summed E-state index contributed by atoms with van der Waals surface area (Å²) in [6.45, 7) is 0.328. The molecule has 6 nitrogen and oxygen atoms in total. The first-order valence-electron chi connectivity index (χ1n) is 5.34. The maximum Gasteiger partial charge on any atom is 0.438 e. The number of aromatic amines is 1. The number of rotatable bonds is 4. The molecule has 0 atom stereocenters. The molecule has 1 aromatic carbocycles. The van der Waals surface area contributed by atoms with E-state index in [4.69, 9.17) is 11.6 Å². The van der Waals surface area contributed by atoms with Gasteiger partial charge in [0.15, 0.2) is 5.82 Å². The Morgan fingerprint density at radius 2 is 2.32 bits per heavy atom. The van der Waals surface area contributed by atoms with Gasteiger partial charge in [-0.1, -0.05) is 16.8 Å². The number of aromatic nitrogens is 2. The highest BCUT2D eigenvalue weighted by molar-refractivity contribution is 9.10. The fourth-order valence-corrected chi connectivity index (χ4v) is 1.83. The third-order valence-corrected chi connectivity index (χ3v) is 3.55. The number of hydrogen-bond acceptors (Lipinski definition) is 4. The topological polar surface area (TPSA) is 88.0 Å². The zero-order chi connectivity index (χ0) is 13.8. The lowest BCUT2D eigenvalue weighted by molar-refractivity contribution is 0.0954. The number of halogens is 2. The molecule has 0 unspecified atom stereocenters. The third kappa shape index (κ3) is 3.68. The summed E-state index contributed by atoms with van der Waals surface area (Å²) in [4.78, 5) is 24.9. The SMILES string of the molecule is O=C(NCCc1noc(=O)[nH]1)c1ccc(Br)c(Cl)c1. The molecule has 2 N–H and O–H groups in total. The van der Waals surface area contributed by atoms with Crippen LogP contribution in [0, 0.1) is 0 Å². The standard InChI is InChI=1S/C11H9BrClN3O3/c12-7-2-1-6(5-8(7)13)10(17)14-4-3-9-15-11(18)19-16-9/h1-2,5H,3-4H2,(H,14,17)(H,15,16,18). The van der Waals surface area contributed by atoms with Gasteiger partial charge in [0.2, 0.25) is 0 Å². The van der Waals surface area contributed by atoms with Crippen molar-refractivity contribution in [3.8, 4) is 0 Å². The van der Waals surface area contributed by atoms with E-state index in [2.05, 4.69) is 35.9 Å². The zero-order valence-corrected chi connectivity index (χ0v) is 11.9. The number of nitrogens with one attached hydrogen (secondary N) is 2. The summed E-state index contributed by atoms with van der Waals surface area (Å²) in [5.41, 5.74) is 0.460. The number of nitrogens with zero attached hydrogens (tertiary/aromatic N) is 1. The molecule has 0 aliphatic heterocycles. The first kappa shape index (κ1) is 13.8. The quantitative estimate of drug-likeness (QED) is 0.883. The van der Waals surface area contributed by atoms with Crippen LogP contribution in [0.25, 0.3) is 0 Å². The summed E-state index contributed by atoms with van der Waals surface area (Å²) < 4.78 is 5.07. The molecule has 100 valence electrons. The van der Waals surface area contributed by atoms with Gasteiger partial charge in [-0.2, -0.15) is 0 Å². The average molecular weight is 347 g/mol. The molecule has 0 spiro atoms. The molecule has 0 saturated heterocycles. The van der Waals surface area contributed by atoms with Crippen LogP contribution in [0.15, 0.2) is 32.0 Å². The first-order valence-corrected chi connectivity index (χ1v) is 6.51. The number of benzene rings is 1. The summed E-state index contributed by atoms with van der Waals surface area (Å²) in [7, 11) is 0. The molecule has 2 rings (SSSR count). The van der Waals surface area contributed by atoms with Crippen LogP contribution in [-0.4, -0.2) is 22.6 Å². The predicted octanol–water partition coefficient (Wildman–Crippen LogP) is 1.75. The number of H-pyrrole nitrogens is 1. The van der Waals surface area contributed by atoms with Crippen molar-refractivity contribution in [3.63, 3.8) is 0 Å². The van der Waals surface area contributed by atoms with Gasteiger partial charge in [-0.3, -0.25) is 14.3 Å². The van der Waals surface area contributed by atoms with Crippen molar-refractivity contribution in [1.29, 1.82) is 0 Å². The summed E-state index contributed by atoms with van der Waals surface area (Å²) >= 11 is 9.15. The van der Waals surface area contributed by atoms with E-state index in [1.165, 1.54) is 0 Å². The van der Waals surface area contributed by atoms with E-state index >= 15 is 0 Å². The van der Waals surface area contributed by atoms with Crippen molar-refractivity contribution in [1.82, 2.24) is 15.5 Å². The van der Waals surface area contributed by atoms with E-state index in [1.54, 1.807) is 18.2 Å². The minimum absolute atomic E-state index is 0.250. The Hall–Kier alpha value is -1.60. The van der Waals surface area contributed by atoms with Crippen molar-refractivity contribution in [2.24, 2.45) is 0 Å². The Labute approximate surface area is 121 Å². The highest BCUT2D eigenvalue weighted by atomic mass is 79.9. The number of carbonyl (C=O) groups is 1. The highest BCUT2D eigenvalue weighted by Crippen LogP contribution is 2.23. The molecule has 19 heavy (non-hydrogen) atoms. The second kappa shape index (κ2) is 6.03. The molecule has 8 heteroatoms. The Bertz CT molecular complexity index is 653. The minimum atomic E-state index is -0.610. The zero-order valence-electron chi connectivity index (χ0n) is 9.57. The Morgan fingerprint density at radius 3 is 2.95 bits per heavy atom. The molecule has 0 aliphatic rings. The third-order valence-electron chi connectivity index (χ3n) is 2.31. The normalized spacial score (nSPS) is 10.4. The van der Waals surface area contributed by atoms with Crippen LogP contribution in [0.4, 0.5) is 0 Å². The van der Waals surface area contributed by atoms with E-state index < -0.39 is 5.76 Å². The predicted molar refractivity (Wildman–Crippen MR) is 72.3 cm³/mol. The molecule has 0 fully saturated rings. The fourth-order valence-electron chi connectivity index (χ4n) is 1.40. The molecular formula is C11H9BrClN3O3. The first-order chi connectivity index (χ1) is 9.06. The molecule has 0 saturated carbocycles. The smallest absolute Gasteiger partial charge is 0.352 e. The van der Waals surface area contributed by atoms with Crippen molar-refractivity contribution in [2.75, 3.05) is 6.54 Å². The summed E-state index contributed by atoms with van der Waals surface area (Å²) in [5.74, 6) is -0.472. The maximum absolute atomic E-state index is 11.8. The van der Waals surface area contributed by atoms with Crippen LogP contribution in [0.3, 0.4) is 0 Å². The van der Waals surface area contributed by atoms with Crippen LogP contribution >= 0.6 is 27.5 Å². The van der Waals surface area contributed by atoms with Crippen molar-refractivity contribution in [2.45, 2.75) is 6.42 Å². The van der Waals surface area contributed by atoms with Gasteiger partial charge in [0, 0.05) is 23.0 Å². The van der Waals surface area contributed by atoms with Crippen LogP contribution < -0.4 is 11.1 Å². The van der Waals surface area contributed by atoms with Crippen LogP contribution in [0.5, 0.6) is 0 Å². The largest absolute Gasteiger partial charge is 0.438 e. The lowest BCUT2D eigenvalue weighted by Crippen LogP contribution is -2.26. The lowest BCUT2D eigenvalue weighted by Gasteiger charge is -2.04. The maximum atomic E-state index is 11.8. The minimum Gasteiger partial charge on any atom is -0.352 e. The number of amides is 1. The molecular weight excluding hydrogens is 337 g/mol. The molecule has 2 aromatic rings. The Morgan fingerprint density at radius 1 is 1.53 bits per heavy atom. The van der Waals surface area contributed by atoms with Crippen LogP contribution in [0.2, 0.25) is 5.02 Å². The van der Waals surface area contributed by atoms with Crippen LogP contribution in [0.1, 0.15) is 16.2 Å². The van der Waals surface area contributed by atoms with Crippen LogP contribution in [-0.2, 0) is 6.42 Å². The monoisotopic (exact) mass is 345 g/mol. The van der Waals surface area contributed by atoms with Gasteiger partial charge in [-0.05, 0) is 34.1 Å². The summed E-state index contributed by atoms with van der Waals surface area (Å²) in [5, 5.41) is 6.64. The van der Waals surface area contributed by atoms with Gasteiger partial charge in [-0.15, -0.1) is 0 Å². The van der Waals surface area contributed by atoms with Gasteiger partial charge in [0.05, 0.1) is 5.02 Å². The molecule has 1 amide bonds. The van der Waals surface area contributed by atoms with Gasteiger partial charge >= 0.3 is 5.76 Å². The Kier molecular flexibility index (Phi) is 4.39. The highest BCUT2D eigenvalue weighted by Gasteiger charge is 2.08. The molecule has 1 heterocycles. The van der Waals surface area contributed by atoms with Gasteiger partial charge in [0.1, 0.15) is 0 Å². The number of carbonyl (C=O) groups excluding carboxylic acids is 1. The van der Waals surface area contributed by atoms with E-state index in [0.29, 0.717) is 29.4 Å². The van der Waals surface area contributed by atoms with E-state index in [1.807, 2.05) is 0 Å². The van der Waals surface area contributed by atoms with Crippen molar-refractivity contribution < 1.29 is 9.32 Å². The summed E-state index contributed by atoms with van der Waals surface area (Å²) in [6.07, 6.45) is 0.377. The Balaban J connectivity index is 1.90. The van der Waals surface area contributed by atoms with Gasteiger partial charge < -0.3 is 5.32 Å². The second-order valence-electron chi connectivity index (χ2n) is 3.68. The summed E-state index contributed by atoms with van der Waals surface area (Å²) in [6, 6.07) is 4.93. The number of hydrogen-bond donors (Lipinski definition) is 2. The van der Waals surface area contributed by atoms with E-state index in [9.17, 15) is 9.59 Å². The second-order valence-corrected chi connectivity index (χ2v) is 4.94. The average Bonchev–Trinajstić information content (AvgIpc) is 2.78. The molecule has 1 aromatic heterocycles. The van der Waals surface area contributed by atoms with E-state index in [-0.39, 0.29) is 5.91 Å². The molecule has 0 bridgehead atoms.